The number of furan rings is 1. The van der Waals surface area contributed by atoms with Crippen LogP contribution in [0.2, 0.25) is 0 Å². The Kier molecular flexibility index (Phi) is 5.06. The van der Waals surface area contributed by atoms with Gasteiger partial charge in [-0.1, -0.05) is 30.3 Å². The molecule has 0 spiro atoms. The predicted octanol–water partition coefficient (Wildman–Crippen LogP) is 1.96. The first-order valence-corrected chi connectivity index (χ1v) is 8.46. The maximum absolute atomic E-state index is 12.3. The summed E-state index contributed by atoms with van der Waals surface area (Å²) in [5, 5.41) is 0. The molecule has 3 rings (SSSR count). The third-order valence-corrected chi connectivity index (χ3v) is 4.54. The third kappa shape index (κ3) is 3.77. The number of nitrogens with one attached hydrogen (secondary N) is 2. The molecule has 136 valence electrons. The second kappa shape index (κ2) is 7.43. The lowest BCUT2D eigenvalue weighted by atomic mass is 10.1. The lowest BCUT2D eigenvalue weighted by Gasteiger charge is -2.25. The molecule has 2 unspecified atom stereocenters. The van der Waals surface area contributed by atoms with E-state index in [0.717, 1.165) is 5.56 Å². The summed E-state index contributed by atoms with van der Waals surface area (Å²) in [6.45, 7) is 3.98. The molecule has 2 atom stereocenters. The Morgan fingerprint density at radius 1 is 1.15 bits per heavy atom. The lowest BCUT2D eigenvalue weighted by Crippen LogP contribution is -2.45. The summed E-state index contributed by atoms with van der Waals surface area (Å²) in [5.74, 6) is -0.789. The average Bonchev–Trinajstić information content (AvgIpc) is 3.25. The Morgan fingerprint density at radius 2 is 1.88 bits per heavy atom. The van der Waals surface area contributed by atoms with Crippen LogP contribution in [0.5, 0.6) is 0 Å². The molecule has 0 aliphatic carbocycles. The third-order valence-electron chi connectivity index (χ3n) is 4.54. The zero-order valence-corrected chi connectivity index (χ0v) is 14.7. The highest BCUT2D eigenvalue weighted by Gasteiger charge is 2.37. The van der Waals surface area contributed by atoms with Gasteiger partial charge < -0.3 is 9.32 Å². The largest absolute Gasteiger partial charge is 0.456 e. The Morgan fingerprint density at radius 3 is 2.54 bits per heavy atom. The van der Waals surface area contributed by atoms with E-state index in [2.05, 4.69) is 10.9 Å². The van der Waals surface area contributed by atoms with E-state index in [9.17, 15) is 14.4 Å². The van der Waals surface area contributed by atoms with Gasteiger partial charge in [-0.15, -0.1) is 0 Å². The minimum absolute atomic E-state index is 0.0745. The first-order valence-electron chi connectivity index (χ1n) is 8.46. The molecule has 26 heavy (non-hydrogen) atoms. The zero-order chi connectivity index (χ0) is 18.7. The van der Waals surface area contributed by atoms with E-state index in [1.54, 1.807) is 17.9 Å². The molecule has 0 saturated carbocycles. The standard InChI is InChI=1S/C19H21N3O4/c1-12-8-9-16(26-12)19(25)21-20-18(24)15-10-17(23)22(11-15)13(2)14-6-4-3-5-7-14/h3-9,13,15H,10-11H2,1-2H3,(H,20,24)(H,21,25). The van der Waals surface area contributed by atoms with E-state index in [1.807, 2.05) is 37.3 Å². The van der Waals surface area contributed by atoms with Crippen molar-refractivity contribution in [1.29, 1.82) is 0 Å². The molecular formula is C19H21N3O4. The number of amides is 3. The minimum Gasteiger partial charge on any atom is -0.456 e. The highest BCUT2D eigenvalue weighted by atomic mass is 16.3. The van der Waals surface area contributed by atoms with Crippen LogP contribution in [0.4, 0.5) is 0 Å². The number of hydrogen-bond donors (Lipinski definition) is 2. The SMILES string of the molecule is Cc1ccc(C(=O)NNC(=O)C2CC(=O)N(C(C)c3ccccc3)C2)o1. The Bertz CT molecular complexity index is 815. The van der Waals surface area contributed by atoms with Gasteiger partial charge in [0.25, 0.3) is 0 Å². The van der Waals surface area contributed by atoms with Gasteiger partial charge in [0.1, 0.15) is 5.76 Å². The Hall–Kier alpha value is -3.09. The fourth-order valence-corrected chi connectivity index (χ4v) is 3.03. The first kappa shape index (κ1) is 17.7. The van der Waals surface area contributed by atoms with Crippen LogP contribution in [0.15, 0.2) is 46.9 Å². The summed E-state index contributed by atoms with van der Waals surface area (Å²) in [5.41, 5.74) is 5.71. The van der Waals surface area contributed by atoms with E-state index in [-0.39, 0.29) is 24.1 Å². The molecule has 0 radical (unpaired) electrons. The van der Waals surface area contributed by atoms with Gasteiger partial charge in [-0.2, -0.15) is 0 Å². The van der Waals surface area contributed by atoms with Crippen molar-refractivity contribution in [2.24, 2.45) is 5.92 Å². The smallest absolute Gasteiger partial charge is 0.305 e. The number of hydrazine groups is 1. The van der Waals surface area contributed by atoms with Gasteiger partial charge in [-0.05, 0) is 31.5 Å². The number of hydrogen-bond acceptors (Lipinski definition) is 4. The van der Waals surface area contributed by atoms with E-state index >= 15 is 0 Å². The van der Waals surface area contributed by atoms with Gasteiger partial charge in [-0.3, -0.25) is 25.2 Å². The molecule has 1 saturated heterocycles. The van der Waals surface area contributed by atoms with Gasteiger partial charge in [0.2, 0.25) is 11.8 Å². The van der Waals surface area contributed by atoms with Gasteiger partial charge in [0, 0.05) is 13.0 Å². The first-order chi connectivity index (χ1) is 12.5. The number of aryl methyl sites for hydroxylation is 1. The van der Waals surface area contributed by atoms with Crippen molar-refractivity contribution >= 4 is 17.7 Å². The van der Waals surface area contributed by atoms with Crippen molar-refractivity contribution in [3.8, 4) is 0 Å². The number of carbonyl (C=O) groups is 3. The van der Waals surface area contributed by atoms with Crippen molar-refractivity contribution in [3.63, 3.8) is 0 Å². The molecule has 7 heteroatoms. The van der Waals surface area contributed by atoms with Crippen molar-refractivity contribution in [3.05, 3.63) is 59.5 Å². The average molecular weight is 355 g/mol. The highest BCUT2D eigenvalue weighted by Crippen LogP contribution is 2.28. The maximum atomic E-state index is 12.3. The molecule has 1 aromatic heterocycles. The second-order valence-corrected chi connectivity index (χ2v) is 6.39. The number of carbonyl (C=O) groups excluding carboxylic acids is 3. The van der Waals surface area contributed by atoms with E-state index in [4.69, 9.17) is 4.42 Å². The quantitative estimate of drug-likeness (QED) is 0.820. The van der Waals surface area contributed by atoms with Crippen molar-refractivity contribution in [2.45, 2.75) is 26.3 Å². The van der Waals surface area contributed by atoms with E-state index in [0.29, 0.717) is 12.3 Å². The summed E-state index contributed by atoms with van der Waals surface area (Å²) in [7, 11) is 0. The van der Waals surface area contributed by atoms with Crippen molar-refractivity contribution in [1.82, 2.24) is 15.8 Å². The minimum atomic E-state index is -0.537. The van der Waals surface area contributed by atoms with Crippen LogP contribution in [-0.2, 0) is 9.59 Å². The molecule has 1 aliphatic heterocycles. The summed E-state index contributed by atoms with van der Waals surface area (Å²) in [6, 6.07) is 12.7. The summed E-state index contributed by atoms with van der Waals surface area (Å²) in [6.07, 6.45) is 0.124. The topological polar surface area (TPSA) is 91.7 Å². The summed E-state index contributed by atoms with van der Waals surface area (Å²) >= 11 is 0. The van der Waals surface area contributed by atoms with Crippen molar-refractivity contribution in [2.75, 3.05) is 6.54 Å². The normalized spacial score (nSPS) is 17.8. The second-order valence-electron chi connectivity index (χ2n) is 6.39. The van der Waals surface area contributed by atoms with E-state index < -0.39 is 17.7 Å². The number of rotatable bonds is 4. The number of nitrogens with zero attached hydrogens (tertiary/aromatic N) is 1. The van der Waals surface area contributed by atoms with Crippen LogP contribution >= 0.6 is 0 Å². The van der Waals surface area contributed by atoms with Crippen molar-refractivity contribution < 1.29 is 18.8 Å². The zero-order valence-electron chi connectivity index (χ0n) is 14.7. The monoisotopic (exact) mass is 355 g/mol. The molecule has 1 aliphatic rings. The van der Waals surface area contributed by atoms with Crippen LogP contribution in [0, 0.1) is 12.8 Å². The lowest BCUT2D eigenvalue weighted by molar-refractivity contribution is -0.130. The Balaban J connectivity index is 1.56. The molecule has 2 heterocycles. The molecule has 2 N–H and O–H groups in total. The number of benzene rings is 1. The van der Waals surface area contributed by atoms with Crippen LogP contribution in [0.3, 0.4) is 0 Å². The molecule has 2 aromatic rings. The fourth-order valence-electron chi connectivity index (χ4n) is 3.03. The van der Waals surface area contributed by atoms with Crippen LogP contribution in [0.25, 0.3) is 0 Å². The van der Waals surface area contributed by atoms with Crippen LogP contribution in [0.1, 0.15) is 41.3 Å². The molecule has 1 fully saturated rings. The van der Waals surface area contributed by atoms with Crippen LogP contribution < -0.4 is 10.9 Å². The predicted molar refractivity (Wildman–Crippen MR) is 93.7 cm³/mol. The van der Waals surface area contributed by atoms with E-state index in [1.165, 1.54) is 6.07 Å². The van der Waals surface area contributed by atoms with Gasteiger partial charge in [-0.25, -0.2) is 0 Å². The molecule has 7 nitrogen and oxygen atoms in total. The molecule has 1 aromatic carbocycles. The molecule has 3 amide bonds. The summed E-state index contributed by atoms with van der Waals surface area (Å²) < 4.78 is 5.19. The van der Waals surface area contributed by atoms with Gasteiger partial charge in [0.05, 0.1) is 12.0 Å². The Labute approximate surface area is 151 Å². The van der Waals surface area contributed by atoms with Crippen LogP contribution in [-0.4, -0.2) is 29.2 Å². The molecular weight excluding hydrogens is 334 g/mol. The molecule has 0 bridgehead atoms. The maximum Gasteiger partial charge on any atom is 0.305 e. The fraction of sp³-hybridized carbons (Fsp3) is 0.316. The van der Waals surface area contributed by atoms with Gasteiger partial charge in [0.15, 0.2) is 5.76 Å². The summed E-state index contributed by atoms with van der Waals surface area (Å²) in [4.78, 5) is 38.2. The highest BCUT2D eigenvalue weighted by molar-refractivity contribution is 5.94. The number of likely N-dealkylation sites (tertiary alicyclic amines) is 1. The van der Waals surface area contributed by atoms with Gasteiger partial charge >= 0.3 is 5.91 Å².